The Morgan fingerprint density at radius 2 is 1.57 bits per heavy atom. The number of carbonyl (C=O) groups excluding carboxylic acids is 3. The van der Waals surface area contributed by atoms with E-state index in [1.807, 2.05) is 37.3 Å². The van der Waals surface area contributed by atoms with Gasteiger partial charge in [0.15, 0.2) is 0 Å². The summed E-state index contributed by atoms with van der Waals surface area (Å²) in [6.45, 7) is 4.44. The standard InChI is InChI=1S/C24H28N2O4/c1-3-10-18(4-2)21(15-25-24(29)30-16-17-11-6-5-7-12-17)26-22(27)19-13-8-9-14-20(19)23(26)28/h5-9,11-14,18,21H,3-4,10,15-16H2,1-2H3,(H,25,29)/t18-,21+/m0/s1. The van der Waals surface area contributed by atoms with Crippen LogP contribution in [0.2, 0.25) is 0 Å². The van der Waals surface area contributed by atoms with Gasteiger partial charge in [0.2, 0.25) is 0 Å². The van der Waals surface area contributed by atoms with Crippen molar-refractivity contribution < 1.29 is 19.1 Å². The molecular formula is C24H28N2O4. The van der Waals surface area contributed by atoms with Crippen LogP contribution in [0.4, 0.5) is 4.79 Å². The Morgan fingerprint density at radius 1 is 0.967 bits per heavy atom. The molecule has 1 heterocycles. The second-order valence-electron chi connectivity index (χ2n) is 7.49. The first kappa shape index (κ1) is 21.6. The fourth-order valence-electron chi connectivity index (χ4n) is 3.98. The van der Waals surface area contributed by atoms with Gasteiger partial charge in [-0.2, -0.15) is 0 Å². The number of nitrogens with one attached hydrogen (secondary N) is 1. The highest BCUT2D eigenvalue weighted by molar-refractivity contribution is 6.21. The lowest BCUT2D eigenvalue weighted by Crippen LogP contribution is -2.50. The summed E-state index contributed by atoms with van der Waals surface area (Å²) in [5.74, 6) is -0.504. The third kappa shape index (κ3) is 4.70. The fraction of sp³-hybridized carbons (Fsp3) is 0.375. The number of imide groups is 1. The van der Waals surface area contributed by atoms with Crippen molar-refractivity contribution in [3.8, 4) is 0 Å². The first-order valence-electron chi connectivity index (χ1n) is 10.5. The maximum Gasteiger partial charge on any atom is 0.407 e. The molecular weight excluding hydrogens is 380 g/mol. The van der Waals surface area contributed by atoms with Crippen LogP contribution in [0.5, 0.6) is 0 Å². The summed E-state index contributed by atoms with van der Waals surface area (Å²) in [6, 6.07) is 15.9. The first-order chi connectivity index (χ1) is 14.6. The highest BCUT2D eigenvalue weighted by Gasteiger charge is 2.42. The predicted octanol–water partition coefficient (Wildman–Crippen LogP) is 4.40. The Balaban J connectivity index is 1.71. The molecule has 0 aliphatic carbocycles. The highest BCUT2D eigenvalue weighted by atomic mass is 16.5. The lowest BCUT2D eigenvalue weighted by Gasteiger charge is -2.33. The molecule has 0 bridgehead atoms. The molecule has 0 aromatic heterocycles. The molecule has 2 aromatic rings. The maximum atomic E-state index is 13.0. The number of hydrogen-bond acceptors (Lipinski definition) is 4. The van der Waals surface area contributed by atoms with E-state index in [0.717, 1.165) is 24.8 Å². The van der Waals surface area contributed by atoms with E-state index in [4.69, 9.17) is 4.74 Å². The maximum absolute atomic E-state index is 13.0. The molecule has 1 aliphatic rings. The Morgan fingerprint density at radius 3 is 2.13 bits per heavy atom. The Bertz CT molecular complexity index is 862. The van der Waals surface area contributed by atoms with Gasteiger partial charge in [-0.05, 0) is 30.0 Å². The summed E-state index contributed by atoms with van der Waals surface area (Å²) < 4.78 is 5.29. The van der Waals surface area contributed by atoms with Gasteiger partial charge < -0.3 is 10.1 Å². The van der Waals surface area contributed by atoms with Gasteiger partial charge in [0.1, 0.15) is 6.61 Å². The van der Waals surface area contributed by atoms with Crippen molar-refractivity contribution >= 4 is 17.9 Å². The van der Waals surface area contributed by atoms with Gasteiger partial charge in [-0.25, -0.2) is 4.79 Å². The van der Waals surface area contributed by atoms with Gasteiger partial charge in [0, 0.05) is 6.54 Å². The number of hydrogen-bond donors (Lipinski definition) is 1. The van der Waals surface area contributed by atoms with Crippen LogP contribution in [0.3, 0.4) is 0 Å². The quantitative estimate of drug-likeness (QED) is 0.624. The van der Waals surface area contributed by atoms with Gasteiger partial charge in [0.05, 0.1) is 17.2 Å². The molecule has 3 rings (SSSR count). The molecule has 0 saturated carbocycles. The summed E-state index contributed by atoms with van der Waals surface area (Å²) in [5, 5.41) is 2.76. The number of rotatable bonds is 9. The summed E-state index contributed by atoms with van der Waals surface area (Å²) in [4.78, 5) is 39.6. The third-order valence-electron chi connectivity index (χ3n) is 5.55. The normalized spacial score (nSPS) is 14.9. The van der Waals surface area contributed by atoms with Crippen molar-refractivity contribution in [1.82, 2.24) is 10.2 Å². The Labute approximate surface area is 177 Å². The van der Waals surface area contributed by atoms with Crippen molar-refractivity contribution in [3.05, 3.63) is 71.3 Å². The van der Waals surface area contributed by atoms with Gasteiger partial charge in [-0.15, -0.1) is 0 Å². The molecule has 6 heteroatoms. The monoisotopic (exact) mass is 408 g/mol. The van der Waals surface area contributed by atoms with Crippen molar-refractivity contribution in [2.24, 2.45) is 5.92 Å². The van der Waals surface area contributed by atoms with Crippen LogP contribution in [0.1, 0.15) is 59.4 Å². The number of fused-ring (bicyclic) bond motifs is 1. The zero-order valence-electron chi connectivity index (χ0n) is 17.5. The molecule has 3 amide bonds. The Kier molecular flexibility index (Phi) is 7.22. The van der Waals surface area contributed by atoms with E-state index in [2.05, 4.69) is 12.2 Å². The second-order valence-corrected chi connectivity index (χ2v) is 7.49. The van der Waals surface area contributed by atoms with Crippen LogP contribution >= 0.6 is 0 Å². The average molecular weight is 408 g/mol. The molecule has 0 radical (unpaired) electrons. The average Bonchev–Trinajstić information content (AvgIpc) is 3.03. The first-order valence-corrected chi connectivity index (χ1v) is 10.5. The van der Waals surface area contributed by atoms with Crippen molar-refractivity contribution in [3.63, 3.8) is 0 Å². The van der Waals surface area contributed by atoms with E-state index in [9.17, 15) is 14.4 Å². The largest absolute Gasteiger partial charge is 0.445 e. The van der Waals surface area contributed by atoms with Crippen LogP contribution in [0.25, 0.3) is 0 Å². The van der Waals surface area contributed by atoms with Crippen LogP contribution in [0, 0.1) is 5.92 Å². The third-order valence-corrected chi connectivity index (χ3v) is 5.55. The van der Waals surface area contributed by atoms with Gasteiger partial charge in [-0.3, -0.25) is 14.5 Å². The molecule has 0 fully saturated rings. The van der Waals surface area contributed by atoms with E-state index >= 15 is 0 Å². The summed E-state index contributed by atoms with van der Waals surface area (Å²) in [5.41, 5.74) is 1.73. The minimum atomic E-state index is -0.563. The van der Waals surface area contributed by atoms with Crippen LogP contribution < -0.4 is 5.32 Å². The lowest BCUT2D eigenvalue weighted by molar-refractivity contribution is 0.0507. The number of ether oxygens (including phenoxy) is 1. The number of alkyl carbamates (subject to hydrolysis) is 1. The van der Waals surface area contributed by atoms with E-state index in [0.29, 0.717) is 11.1 Å². The minimum Gasteiger partial charge on any atom is -0.445 e. The molecule has 2 aromatic carbocycles. The zero-order valence-corrected chi connectivity index (χ0v) is 17.5. The summed E-state index contributed by atoms with van der Waals surface area (Å²) >= 11 is 0. The van der Waals surface area contributed by atoms with Crippen molar-refractivity contribution in [2.45, 2.75) is 45.8 Å². The van der Waals surface area contributed by atoms with Crippen molar-refractivity contribution in [2.75, 3.05) is 6.54 Å². The van der Waals surface area contributed by atoms with E-state index < -0.39 is 12.1 Å². The minimum absolute atomic E-state index is 0.0895. The summed E-state index contributed by atoms with van der Waals surface area (Å²) in [6.07, 6.45) is 2.02. The van der Waals surface area contributed by atoms with Crippen LogP contribution in [0.15, 0.2) is 54.6 Å². The SMILES string of the molecule is CCC[C@H](CC)[C@@H](CNC(=O)OCc1ccccc1)N1C(=O)c2ccccc2C1=O. The topological polar surface area (TPSA) is 75.7 Å². The predicted molar refractivity (Wildman–Crippen MR) is 114 cm³/mol. The molecule has 30 heavy (non-hydrogen) atoms. The van der Waals surface area contributed by atoms with Gasteiger partial charge >= 0.3 is 6.09 Å². The van der Waals surface area contributed by atoms with Gasteiger partial charge in [-0.1, -0.05) is 69.2 Å². The summed E-state index contributed by atoms with van der Waals surface area (Å²) in [7, 11) is 0. The zero-order chi connectivity index (χ0) is 21.5. The van der Waals surface area contributed by atoms with Gasteiger partial charge in [0.25, 0.3) is 11.8 Å². The number of amides is 3. The molecule has 158 valence electrons. The van der Waals surface area contributed by atoms with E-state index in [1.54, 1.807) is 24.3 Å². The highest BCUT2D eigenvalue weighted by Crippen LogP contribution is 2.29. The lowest BCUT2D eigenvalue weighted by atomic mass is 9.91. The molecule has 0 saturated heterocycles. The van der Waals surface area contributed by atoms with E-state index in [-0.39, 0.29) is 30.9 Å². The van der Waals surface area contributed by atoms with E-state index in [1.165, 1.54) is 4.90 Å². The molecule has 2 atom stereocenters. The number of nitrogens with zero attached hydrogens (tertiary/aromatic N) is 1. The van der Waals surface area contributed by atoms with Crippen molar-refractivity contribution in [1.29, 1.82) is 0 Å². The Hall–Kier alpha value is -3.15. The second kappa shape index (κ2) is 10.1. The smallest absolute Gasteiger partial charge is 0.407 e. The molecule has 0 unspecified atom stereocenters. The molecule has 6 nitrogen and oxygen atoms in total. The number of carbonyl (C=O) groups is 3. The molecule has 1 N–H and O–H groups in total. The molecule has 0 spiro atoms. The van der Waals surface area contributed by atoms with Crippen LogP contribution in [-0.2, 0) is 11.3 Å². The fourth-order valence-corrected chi connectivity index (χ4v) is 3.98. The number of benzene rings is 2. The molecule has 1 aliphatic heterocycles. The van der Waals surface area contributed by atoms with Crippen LogP contribution in [-0.4, -0.2) is 35.4 Å².